The quantitative estimate of drug-likeness (QED) is 0.567. The van der Waals surface area contributed by atoms with Crippen LogP contribution in [0.4, 0.5) is 4.79 Å². The van der Waals surface area contributed by atoms with Gasteiger partial charge in [-0.3, -0.25) is 0 Å². The Labute approximate surface area is 133 Å². The van der Waals surface area contributed by atoms with E-state index < -0.39 is 5.54 Å². The number of hydrogen-bond donors (Lipinski definition) is 2. The molecule has 0 aromatic heterocycles. The van der Waals surface area contributed by atoms with Crippen molar-refractivity contribution in [2.24, 2.45) is 0 Å². The highest BCUT2D eigenvalue weighted by Crippen LogP contribution is 2.23. The molecule has 0 heterocycles. The summed E-state index contributed by atoms with van der Waals surface area (Å²) >= 11 is 0. The molecule has 0 aliphatic carbocycles. The summed E-state index contributed by atoms with van der Waals surface area (Å²) in [7, 11) is 0. The summed E-state index contributed by atoms with van der Waals surface area (Å²) in [5.41, 5.74) is 2.66. The van der Waals surface area contributed by atoms with Gasteiger partial charge in [0.1, 0.15) is 0 Å². The SMILES string of the molecule is C=COCCCNC(=O)NC(C)(C)c1cccc(C(=C)C)c1. The van der Waals surface area contributed by atoms with E-state index in [1.54, 1.807) is 0 Å². The maximum Gasteiger partial charge on any atom is 0.315 e. The van der Waals surface area contributed by atoms with Gasteiger partial charge in [-0.1, -0.05) is 36.9 Å². The maximum absolute atomic E-state index is 12.0. The summed E-state index contributed by atoms with van der Waals surface area (Å²) < 4.78 is 5.01. The highest BCUT2D eigenvalue weighted by Gasteiger charge is 2.22. The van der Waals surface area contributed by atoms with Crippen molar-refractivity contribution in [3.63, 3.8) is 0 Å². The third-order valence-electron chi connectivity index (χ3n) is 3.35. The number of rotatable bonds is 8. The minimum atomic E-state index is -0.465. The summed E-state index contributed by atoms with van der Waals surface area (Å²) in [4.78, 5) is 12.0. The fraction of sp³-hybridized carbons (Fsp3) is 0.389. The summed E-state index contributed by atoms with van der Waals surface area (Å²) in [6.07, 6.45) is 2.14. The summed E-state index contributed by atoms with van der Waals surface area (Å²) in [6, 6.07) is 7.87. The topological polar surface area (TPSA) is 50.4 Å². The van der Waals surface area contributed by atoms with Crippen molar-refractivity contribution >= 4 is 11.6 Å². The number of nitrogens with one attached hydrogen (secondary N) is 2. The molecule has 4 heteroatoms. The summed E-state index contributed by atoms with van der Waals surface area (Å²) in [6.45, 7) is 14.5. The lowest BCUT2D eigenvalue weighted by atomic mass is 9.92. The van der Waals surface area contributed by atoms with Crippen molar-refractivity contribution < 1.29 is 9.53 Å². The average Bonchev–Trinajstić information content (AvgIpc) is 2.46. The first-order valence-corrected chi connectivity index (χ1v) is 7.42. The van der Waals surface area contributed by atoms with Gasteiger partial charge in [-0.2, -0.15) is 0 Å². The van der Waals surface area contributed by atoms with Gasteiger partial charge in [0.25, 0.3) is 0 Å². The van der Waals surface area contributed by atoms with E-state index in [0.29, 0.717) is 13.2 Å². The van der Waals surface area contributed by atoms with Crippen LogP contribution in [0.25, 0.3) is 5.57 Å². The van der Waals surface area contributed by atoms with Crippen molar-refractivity contribution in [1.82, 2.24) is 10.6 Å². The third kappa shape index (κ3) is 5.64. The Morgan fingerprint density at radius 1 is 1.41 bits per heavy atom. The van der Waals surface area contributed by atoms with Gasteiger partial charge >= 0.3 is 6.03 Å². The molecule has 0 spiro atoms. The largest absolute Gasteiger partial charge is 0.502 e. The molecule has 4 nitrogen and oxygen atoms in total. The number of hydrogen-bond acceptors (Lipinski definition) is 2. The van der Waals surface area contributed by atoms with Crippen LogP contribution in [0.15, 0.2) is 43.7 Å². The van der Waals surface area contributed by atoms with Gasteiger partial charge in [0.2, 0.25) is 0 Å². The smallest absolute Gasteiger partial charge is 0.315 e. The fourth-order valence-corrected chi connectivity index (χ4v) is 2.01. The molecule has 0 saturated heterocycles. The van der Waals surface area contributed by atoms with Crippen LogP contribution in [-0.2, 0) is 10.3 Å². The normalized spacial score (nSPS) is 10.7. The number of amides is 2. The van der Waals surface area contributed by atoms with Crippen LogP contribution in [0.3, 0.4) is 0 Å². The van der Waals surface area contributed by atoms with Gasteiger partial charge < -0.3 is 15.4 Å². The Bertz CT molecular complexity index is 536. The Hall–Kier alpha value is -2.23. The number of allylic oxidation sites excluding steroid dienone is 1. The minimum absolute atomic E-state index is 0.190. The fourth-order valence-electron chi connectivity index (χ4n) is 2.01. The Balaban J connectivity index is 2.58. The average molecular weight is 302 g/mol. The number of benzene rings is 1. The van der Waals surface area contributed by atoms with E-state index in [2.05, 4.69) is 29.9 Å². The van der Waals surface area contributed by atoms with Crippen molar-refractivity contribution in [2.45, 2.75) is 32.7 Å². The summed E-state index contributed by atoms with van der Waals surface area (Å²) in [5, 5.41) is 5.81. The van der Waals surface area contributed by atoms with Crippen molar-refractivity contribution in [3.8, 4) is 0 Å². The minimum Gasteiger partial charge on any atom is -0.502 e. The Kier molecular flexibility index (Phi) is 6.70. The van der Waals surface area contributed by atoms with Crippen molar-refractivity contribution in [3.05, 3.63) is 54.8 Å². The van der Waals surface area contributed by atoms with E-state index in [0.717, 1.165) is 23.1 Å². The number of carbonyl (C=O) groups excluding carboxylic acids is 1. The van der Waals surface area contributed by atoms with E-state index in [1.807, 2.05) is 39.0 Å². The van der Waals surface area contributed by atoms with E-state index in [4.69, 9.17) is 4.74 Å². The predicted octanol–water partition coefficient (Wildman–Crippen LogP) is 3.80. The molecule has 0 atom stereocenters. The zero-order valence-electron chi connectivity index (χ0n) is 13.7. The highest BCUT2D eigenvalue weighted by atomic mass is 16.5. The van der Waals surface area contributed by atoms with Crippen molar-refractivity contribution in [2.75, 3.05) is 13.2 Å². The van der Waals surface area contributed by atoms with E-state index >= 15 is 0 Å². The first-order valence-electron chi connectivity index (χ1n) is 7.42. The number of carbonyl (C=O) groups is 1. The number of ether oxygens (including phenoxy) is 1. The first-order chi connectivity index (χ1) is 10.4. The molecule has 0 aliphatic heterocycles. The highest BCUT2D eigenvalue weighted by molar-refractivity contribution is 5.75. The van der Waals surface area contributed by atoms with Crippen LogP contribution in [-0.4, -0.2) is 19.2 Å². The van der Waals surface area contributed by atoms with Gasteiger partial charge in [-0.05, 0) is 44.4 Å². The van der Waals surface area contributed by atoms with E-state index in [9.17, 15) is 4.79 Å². The predicted molar refractivity (Wildman–Crippen MR) is 91.5 cm³/mol. The molecule has 120 valence electrons. The van der Waals surface area contributed by atoms with Crippen molar-refractivity contribution in [1.29, 1.82) is 0 Å². The summed E-state index contributed by atoms with van der Waals surface area (Å²) in [5.74, 6) is 0. The molecule has 0 unspecified atom stereocenters. The molecule has 1 aromatic carbocycles. The Morgan fingerprint density at radius 2 is 2.14 bits per heavy atom. The van der Waals surface area contributed by atoms with Gasteiger partial charge in [-0.15, -0.1) is 0 Å². The lowest BCUT2D eigenvalue weighted by Crippen LogP contribution is -2.46. The monoisotopic (exact) mass is 302 g/mol. The van der Waals surface area contributed by atoms with Gasteiger partial charge in [-0.25, -0.2) is 4.79 Å². The zero-order chi connectivity index (χ0) is 16.6. The number of urea groups is 1. The van der Waals surface area contributed by atoms with Crippen LogP contribution in [0.1, 0.15) is 38.3 Å². The molecular weight excluding hydrogens is 276 g/mol. The first kappa shape index (κ1) is 17.8. The van der Waals surface area contributed by atoms with Crippen LogP contribution >= 0.6 is 0 Å². The Morgan fingerprint density at radius 3 is 2.77 bits per heavy atom. The molecule has 0 fully saturated rings. The molecule has 0 saturated carbocycles. The standard InChI is InChI=1S/C18H26N2O2/c1-6-22-12-8-11-19-17(21)20-18(4,5)16-10-7-9-15(13-16)14(2)3/h6-7,9-10,13H,1-2,8,11-12H2,3-5H3,(H2,19,20,21). The van der Waals surface area contributed by atoms with E-state index in [-0.39, 0.29) is 6.03 Å². The van der Waals surface area contributed by atoms with Gasteiger partial charge in [0.15, 0.2) is 0 Å². The van der Waals surface area contributed by atoms with Crippen LogP contribution in [0.5, 0.6) is 0 Å². The van der Waals surface area contributed by atoms with Gasteiger partial charge in [0.05, 0.1) is 18.4 Å². The molecule has 22 heavy (non-hydrogen) atoms. The molecule has 1 rings (SSSR count). The second kappa shape index (κ2) is 8.27. The zero-order valence-corrected chi connectivity index (χ0v) is 13.7. The second-order valence-corrected chi connectivity index (χ2v) is 5.76. The molecular formula is C18H26N2O2. The molecule has 1 aromatic rings. The lowest BCUT2D eigenvalue weighted by Gasteiger charge is -2.27. The van der Waals surface area contributed by atoms with Crippen LogP contribution in [0, 0.1) is 0 Å². The van der Waals surface area contributed by atoms with Crippen LogP contribution in [0.2, 0.25) is 0 Å². The second-order valence-electron chi connectivity index (χ2n) is 5.76. The lowest BCUT2D eigenvalue weighted by molar-refractivity contribution is 0.224. The third-order valence-corrected chi connectivity index (χ3v) is 3.35. The molecule has 0 bridgehead atoms. The molecule has 0 aliphatic rings. The van der Waals surface area contributed by atoms with E-state index in [1.165, 1.54) is 6.26 Å². The molecule has 2 N–H and O–H groups in total. The molecule has 0 radical (unpaired) electrons. The van der Waals surface area contributed by atoms with Crippen LogP contribution < -0.4 is 10.6 Å². The maximum atomic E-state index is 12.0. The van der Waals surface area contributed by atoms with Gasteiger partial charge in [0, 0.05) is 6.54 Å². The molecule has 2 amide bonds.